The number of nitrogens with zero attached hydrogens (tertiary/aromatic N) is 2. The summed E-state index contributed by atoms with van der Waals surface area (Å²) in [5.41, 5.74) is 0. The molecule has 2 atom stereocenters. The van der Waals surface area contributed by atoms with Crippen LogP contribution in [0.3, 0.4) is 0 Å². The van der Waals surface area contributed by atoms with Crippen molar-refractivity contribution in [2.24, 2.45) is 0 Å². The smallest absolute Gasteiger partial charge is 0.237 e. The second-order valence-corrected chi connectivity index (χ2v) is 5.69. The van der Waals surface area contributed by atoms with Gasteiger partial charge in [-0.15, -0.1) is 0 Å². The number of morpholine rings is 1. The summed E-state index contributed by atoms with van der Waals surface area (Å²) in [6.45, 7) is 1.84. The van der Waals surface area contributed by atoms with Crippen LogP contribution in [0.2, 0.25) is 0 Å². The summed E-state index contributed by atoms with van der Waals surface area (Å²) >= 11 is 0. The van der Waals surface area contributed by atoms with Crippen LogP contribution in [-0.4, -0.2) is 74.1 Å². The van der Waals surface area contributed by atoms with Crippen LogP contribution in [-0.2, 0) is 14.3 Å². The molecule has 2 rings (SSSR count). The number of hydrogen-bond acceptors (Lipinski definition) is 4. The third kappa shape index (κ3) is 3.70. The normalized spacial score (nSPS) is 26.2. The van der Waals surface area contributed by atoms with Crippen molar-refractivity contribution in [1.29, 1.82) is 0 Å². The van der Waals surface area contributed by atoms with Crippen molar-refractivity contribution in [1.82, 2.24) is 15.1 Å². The molecule has 6 heteroatoms. The first-order valence-electron chi connectivity index (χ1n) is 7.42. The van der Waals surface area contributed by atoms with Gasteiger partial charge in [-0.3, -0.25) is 14.5 Å². The zero-order valence-electron chi connectivity index (χ0n) is 12.4. The van der Waals surface area contributed by atoms with Gasteiger partial charge in [-0.05, 0) is 19.9 Å². The van der Waals surface area contributed by atoms with E-state index in [1.165, 1.54) is 12.8 Å². The highest BCUT2D eigenvalue weighted by Gasteiger charge is 2.36. The highest BCUT2D eigenvalue weighted by atomic mass is 16.5. The Balaban J connectivity index is 1.88. The molecule has 1 N–H and O–H groups in total. The largest absolute Gasteiger partial charge is 0.374 e. The minimum Gasteiger partial charge on any atom is -0.374 e. The number of fused-ring (bicyclic) bond motifs is 1. The van der Waals surface area contributed by atoms with E-state index in [0.717, 1.165) is 12.8 Å². The summed E-state index contributed by atoms with van der Waals surface area (Å²) in [6.07, 6.45) is 4.67. The van der Waals surface area contributed by atoms with Gasteiger partial charge in [0.1, 0.15) is 0 Å². The summed E-state index contributed by atoms with van der Waals surface area (Å²) in [5, 5.41) is 2.57. The standard InChI is InChI=1S/C14H25N3O3/c1-15-13(18)9-16(2)10-14(19)17-7-8-20-12-6-4-3-5-11(12)17/h11-12H,3-10H2,1-2H3,(H,15,18). The van der Waals surface area contributed by atoms with Gasteiger partial charge in [0.05, 0.1) is 31.8 Å². The van der Waals surface area contributed by atoms with Gasteiger partial charge < -0.3 is 15.0 Å². The fourth-order valence-electron chi connectivity index (χ4n) is 3.11. The van der Waals surface area contributed by atoms with Gasteiger partial charge in [-0.2, -0.15) is 0 Å². The lowest BCUT2D eigenvalue weighted by Crippen LogP contribution is -2.56. The maximum atomic E-state index is 12.4. The average Bonchev–Trinajstić information content (AvgIpc) is 2.46. The predicted octanol–water partition coefficient (Wildman–Crippen LogP) is -0.166. The number of hydrogen-bond donors (Lipinski definition) is 1. The molecule has 2 unspecified atom stereocenters. The van der Waals surface area contributed by atoms with Gasteiger partial charge >= 0.3 is 0 Å². The van der Waals surface area contributed by atoms with E-state index in [0.29, 0.717) is 13.2 Å². The minimum atomic E-state index is -0.0715. The second-order valence-electron chi connectivity index (χ2n) is 5.69. The maximum absolute atomic E-state index is 12.4. The Morgan fingerprint density at radius 1 is 1.30 bits per heavy atom. The topological polar surface area (TPSA) is 61.9 Å². The Labute approximate surface area is 120 Å². The summed E-state index contributed by atoms with van der Waals surface area (Å²) in [6, 6.07) is 0.235. The van der Waals surface area contributed by atoms with Gasteiger partial charge in [0.15, 0.2) is 0 Å². The Morgan fingerprint density at radius 3 is 2.80 bits per heavy atom. The van der Waals surface area contributed by atoms with Crippen molar-refractivity contribution in [2.45, 2.75) is 37.8 Å². The third-order valence-electron chi connectivity index (χ3n) is 4.15. The summed E-state index contributed by atoms with van der Waals surface area (Å²) in [4.78, 5) is 27.5. The molecule has 1 aliphatic carbocycles. The summed E-state index contributed by atoms with van der Waals surface area (Å²) < 4.78 is 5.78. The molecule has 2 amide bonds. The number of nitrogens with one attached hydrogen (secondary N) is 1. The van der Waals surface area contributed by atoms with Gasteiger partial charge in [0.2, 0.25) is 11.8 Å². The number of likely N-dealkylation sites (N-methyl/N-ethyl adjacent to an activating group) is 2. The van der Waals surface area contributed by atoms with Crippen molar-refractivity contribution >= 4 is 11.8 Å². The molecular weight excluding hydrogens is 258 g/mol. The second kappa shape index (κ2) is 7.04. The lowest BCUT2D eigenvalue weighted by molar-refractivity contribution is -0.150. The molecule has 2 fully saturated rings. The van der Waals surface area contributed by atoms with Crippen LogP contribution in [0.1, 0.15) is 25.7 Å². The SMILES string of the molecule is CNC(=O)CN(C)CC(=O)N1CCOC2CCCCC21. The van der Waals surface area contributed by atoms with Crippen molar-refractivity contribution in [3.8, 4) is 0 Å². The van der Waals surface area contributed by atoms with Crippen LogP contribution in [0.25, 0.3) is 0 Å². The number of carbonyl (C=O) groups is 2. The molecule has 1 saturated heterocycles. The lowest BCUT2D eigenvalue weighted by atomic mass is 9.90. The molecule has 0 aromatic heterocycles. The average molecular weight is 283 g/mol. The van der Waals surface area contributed by atoms with Gasteiger partial charge in [0.25, 0.3) is 0 Å². The van der Waals surface area contributed by atoms with E-state index in [9.17, 15) is 9.59 Å². The highest BCUT2D eigenvalue weighted by Crippen LogP contribution is 2.28. The van der Waals surface area contributed by atoms with Crippen molar-refractivity contribution < 1.29 is 14.3 Å². The number of rotatable bonds is 4. The van der Waals surface area contributed by atoms with E-state index < -0.39 is 0 Å². The predicted molar refractivity (Wildman–Crippen MR) is 75.3 cm³/mol. The molecule has 0 aromatic rings. The van der Waals surface area contributed by atoms with E-state index >= 15 is 0 Å². The minimum absolute atomic E-state index is 0.0715. The Bertz CT molecular complexity index is 360. The van der Waals surface area contributed by atoms with Crippen molar-refractivity contribution in [2.75, 3.05) is 40.3 Å². The monoisotopic (exact) mass is 283 g/mol. The first-order chi connectivity index (χ1) is 9.61. The zero-order chi connectivity index (χ0) is 14.5. The molecule has 1 saturated carbocycles. The van der Waals surface area contributed by atoms with Gasteiger partial charge in [-0.25, -0.2) is 0 Å². The van der Waals surface area contributed by atoms with Gasteiger partial charge in [0, 0.05) is 13.6 Å². The van der Waals surface area contributed by atoms with E-state index in [-0.39, 0.29) is 37.0 Å². The van der Waals surface area contributed by atoms with Gasteiger partial charge in [-0.1, -0.05) is 12.8 Å². The Hall–Kier alpha value is -1.14. The van der Waals surface area contributed by atoms with Crippen LogP contribution in [0.5, 0.6) is 0 Å². The number of carbonyl (C=O) groups excluding carboxylic acids is 2. The molecule has 2 aliphatic rings. The molecule has 0 spiro atoms. The van der Waals surface area contributed by atoms with Crippen LogP contribution in [0, 0.1) is 0 Å². The Kier molecular flexibility index (Phi) is 5.37. The first-order valence-corrected chi connectivity index (χ1v) is 7.42. The van der Waals surface area contributed by atoms with E-state index in [4.69, 9.17) is 4.74 Å². The van der Waals surface area contributed by atoms with Crippen LogP contribution in [0.15, 0.2) is 0 Å². The first kappa shape index (κ1) is 15.3. The van der Waals surface area contributed by atoms with E-state index in [1.54, 1.807) is 19.0 Å². The molecule has 0 bridgehead atoms. The fraction of sp³-hybridized carbons (Fsp3) is 0.857. The van der Waals surface area contributed by atoms with Crippen molar-refractivity contribution in [3.05, 3.63) is 0 Å². The summed E-state index contributed by atoms with van der Waals surface area (Å²) in [5.74, 6) is 0.0365. The third-order valence-corrected chi connectivity index (χ3v) is 4.15. The molecule has 6 nitrogen and oxygen atoms in total. The quantitative estimate of drug-likeness (QED) is 0.778. The molecule has 114 valence electrons. The molecule has 1 heterocycles. The Morgan fingerprint density at radius 2 is 2.05 bits per heavy atom. The van der Waals surface area contributed by atoms with Crippen LogP contribution < -0.4 is 5.32 Å². The maximum Gasteiger partial charge on any atom is 0.237 e. The molecule has 20 heavy (non-hydrogen) atoms. The van der Waals surface area contributed by atoms with Crippen LogP contribution in [0.4, 0.5) is 0 Å². The zero-order valence-corrected chi connectivity index (χ0v) is 12.4. The molecule has 1 aliphatic heterocycles. The van der Waals surface area contributed by atoms with E-state index in [2.05, 4.69) is 5.32 Å². The highest BCUT2D eigenvalue weighted by molar-refractivity contribution is 5.81. The lowest BCUT2D eigenvalue weighted by Gasteiger charge is -2.44. The van der Waals surface area contributed by atoms with Crippen molar-refractivity contribution in [3.63, 3.8) is 0 Å². The summed E-state index contributed by atoms with van der Waals surface area (Å²) in [7, 11) is 3.40. The van der Waals surface area contributed by atoms with Crippen LogP contribution >= 0.6 is 0 Å². The number of ether oxygens (including phenoxy) is 1. The molecular formula is C14H25N3O3. The number of amides is 2. The van der Waals surface area contributed by atoms with E-state index in [1.807, 2.05) is 4.90 Å². The molecule has 0 radical (unpaired) electrons. The molecule has 0 aromatic carbocycles. The fourth-order valence-corrected chi connectivity index (χ4v) is 3.11.